The molecule has 2 unspecified atom stereocenters. The number of ether oxygens (including phenoxy) is 1. The van der Waals surface area contributed by atoms with E-state index in [0.717, 1.165) is 11.6 Å². The van der Waals surface area contributed by atoms with Gasteiger partial charge in [-0.2, -0.15) is 0 Å². The molecule has 4 nitrogen and oxygen atoms in total. The fraction of sp³-hybridized carbons (Fsp3) is 0.381. The second-order valence-corrected chi connectivity index (χ2v) is 7.37. The van der Waals surface area contributed by atoms with Crippen LogP contribution in [-0.2, 0) is 16.9 Å². The van der Waals surface area contributed by atoms with Gasteiger partial charge >= 0.3 is 6.09 Å². The quantitative estimate of drug-likeness (QED) is 0.881. The summed E-state index contributed by atoms with van der Waals surface area (Å²) >= 11 is 0. The zero-order chi connectivity index (χ0) is 19.0. The lowest BCUT2D eigenvalue weighted by Gasteiger charge is -2.43. The molecule has 0 radical (unpaired) electrons. The predicted octanol–water partition coefficient (Wildman–Crippen LogP) is 4.12. The second kappa shape index (κ2) is 6.93. The molecule has 0 aromatic heterocycles. The zero-order valence-electron chi connectivity index (χ0n) is 14.8. The molecule has 2 aromatic carbocycles. The largest absolute Gasteiger partial charge is 0.445 e. The fourth-order valence-corrected chi connectivity index (χ4v) is 4.40. The molecule has 0 spiro atoms. The van der Waals surface area contributed by atoms with Crippen LogP contribution in [0.3, 0.4) is 0 Å². The summed E-state index contributed by atoms with van der Waals surface area (Å²) in [7, 11) is 0. The number of carbonyl (C=O) groups is 1. The molecule has 2 bridgehead atoms. The van der Waals surface area contributed by atoms with Crippen molar-refractivity contribution in [3.63, 3.8) is 0 Å². The Morgan fingerprint density at radius 2 is 1.74 bits per heavy atom. The van der Waals surface area contributed by atoms with Crippen LogP contribution in [-0.4, -0.2) is 28.2 Å². The van der Waals surface area contributed by atoms with Crippen molar-refractivity contribution < 1.29 is 23.4 Å². The van der Waals surface area contributed by atoms with Gasteiger partial charge in [0.1, 0.15) is 6.61 Å². The molecule has 0 aliphatic carbocycles. The zero-order valence-corrected chi connectivity index (χ0v) is 14.8. The first-order chi connectivity index (χ1) is 13.0. The van der Waals surface area contributed by atoms with E-state index in [9.17, 15) is 18.7 Å². The number of hydrogen-bond donors (Lipinski definition) is 1. The van der Waals surface area contributed by atoms with Gasteiger partial charge in [-0.3, -0.25) is 0 Å². The van der Waals surface area contributed by atoms with Crippen molar-refractivity contribution in [3.8, 4) is 0 Å². The van der Waals surface area contributed by atoms with Gasteiger partial charge in [-0.1, -0.05) is 42.5 Å². The molecule has 1 N–H and O–H groups in total. The topological polar surface area (TPSA) is 49.8 Å². The lowest BCUT2D eigenvalue weighted by atomic mass is 9.80. The van der Waals surface area contributed by atoms with Gasteiger partial charge in [-0.15, -0.1) is 0 Å². The fourth-order valence-electron chi connectivity index (χ4n) is 4.40. The lowest BCUT2D eigenvalue weighted by molar-refractivity contribution is -0.0560. The first kappa shape index (κ1) is 17.9. The highest BCUT2D eigenvalue weighted by molar-refractivity contribution is 5.69. The van der Waals surface area contributed by atoms with Crippen LogP contribution < -0.4 is 0 Å². The van der Waals surface area contributed by atoms with Crippen LogP contribution in [0.5, 0.6) is 0 Å². The highest BCUT2D eigenvalue weighted by Crippen LogP contribution is 2.46. The summed E-state index contributed by atoms with van der Waals surface area (Å²) < 4.78 is 33.3. The molecule has 2 aliphatic rings. The standard InChI is InChI=1S/C21H21F2NO3/c22-18-8-4-7-17(19(18)23)21(26)11-15-9-10-16(12-21)24(15)20(25)27-13-14-5-2-1-3-6-14/h1-8,15-16,26H,9-13H2. The summed E-state index contributed by atoms with van der Waals surface area (Å²) in [5, 5.41) is 11.1. The van der Waals surface area contributed by atoms with E-state index in [1.807, 2.05) is 30.3 Å². The number of piperidine rings is 1. The van der Waals surface area contributed by atoms with Crippen LogP contribution in [0.15, 0.2) is 48.5 Å². The maximum absolute atomic E-state index is 14.2. The Balaban J connectivity index is 1.49. The van der Waals surface area contributed by atoms with Gasteiger partial charge < -0.3 is 14.7 Å². The van der Waals surface area contributed by atoms with E-state index in [1.54, 1.807) is 4.90 Å². The third-order valence-corrected chi connectivity index (χ3v) is 5.64. The molecule has 2 saturated heterocycles. The van der Waals surface area contributed by atoms with Crippen molar-refractivity contribution >= 4 is 6.09 Å². The Bertz CT molecular complexity index is 829. The predicted molar refractivity (Wildman–Crippen MR) is 94.8 cm³/mol. The van der Waals surface area contributed by atoms with E-state index in [2.05, 4.69) is 0 Å². The number of amides is 1. The highest BCUT2D eigenvalue weighted by Gasteiger charge is 2.51. The molecule has 1 amide bonds. The van der Waals surface area contributed by atoms with E-state index < -0.39 is 23.3 Å². The molecule has 2 aromatic rings. The van der Waals surface area contributed by atoms with Crippen LogP contribution in [0.4, 0.5) is 13.6 Å². The summed E-state index contributed by atoms with van der Waals surface area (Å²) in [6.07, 6.45) is 1.34. The third kappa shape index (κ3) is 3.30. The smallest absolute Gasteiger partial charge is 0.410 e. The maximum atomic E-state index is 14.2. The average molecular weight is 373 g/mol. The van der Waals surface area contributed by atoms with Gasteiger partial charge in [0.05, 0.1) is 5.60 Å². The SMILES string of the molecule is O=C(OCc1ccccc1)N1C2CCC1CC(O)(c1cccc(F)c1F)C2. The highest BCUT2D eigenvalue weighted by atomic mass is 19.2. The van der Waals surface area contributed by atoms with E-state index in [-0.39, 0.29) is 37.1 Å². The summed E-state index contributed by atoms with van der Waals surface area (Å²) in [6, 6.07) is 12.8. The average Bonchev–Trinajstić information content (AvgIpc) is 2.95. The van der Waals surface area contributed by atoms with Crippen molar-refractivity contribution in [1.82, 2.24) is 4.90 Å². The Kier molecular flexibility index (Phi) is 4.60. The van der Waals surface area contributed by atoms with E-state index in [1.165, 1.54) is 12.1 Å². The van der Waals surface area contributed by atoms with Crippen LogP contribution in [0.25, 0.3) is 0 Å². The van der Waals surface area contributed by atoms with Crippen molar-refractivity contribution in [3.05, 3.63) is 71.3 Å². The van der Waals surface area contributed by atoms with Gasteiger partial charge in [0.15, 0.2) is 11.6 Å². The minimum absolute atomic E-state index is 0.0308. The Labute approximate surface area is 156 Å². The summed E-state index contributed by atoms with van der Waals surface area (Å²) in [6.45, 7) is 0.179. The maximum Gasteiger partial charge on any atom is 0.410 e. The number of benzene rings is 2. The number of rotatable bonds is 3. The minimum Gasteiger partial charge on any atom is -0.445 e. The summed E-state index contributed by atoms with van der Waals surface area (Å²) in [5.41, 5.74) is -0.612. The first-order valence-electron chi connectivity index (χ1n) is 9.14. The molecular formula is C21H21F2NO3. The molecule has 2 atom stereocenters. The number of halogens is 2. The third-order valence-electron chi connectivity index (χ3n) is 5.64. The monoisotopic (exact) mass is 373 g/mol. The minimum atomic E-state index is -1.48. The number of nitrogens with zero attached hydrogens (tertiary/aromatic N) is 1. The van der Waals surface area contributed by atoms with Gasteiger partial charge in [-0.25, -0.2) is 13.6 Å². The van der Waals surface area contributed by atoms with Gasteiger partial charge in [0, 0.05) is 30.5 Å². The Morgan fingerprint density at radius 1 is 1.07 bits per heavy atom. The normalized spacial score (nSPS) is 26.9. The molecule has 142 valence electrons. The Hall–Kier alpha value is -2.47. The van der Waals surface area contributed by atoms with Gasteiger partial charge in [-0.05, 0) is 24.5 Å². The first-order valence-corrected chi connectivity index (χ1v) is 9.14. The number of aliphatic hydroxyl groups is 1. The van der Waals surface area contributed by atoms with Gasteiger partial charge in [0.2, 0.25) is 0 Å². The van der Waals surface area contributed by atoms with Crippen molar-refractivity contribution in [2.24, 2.45) is 0 Å². The van der Waals surface area contributed by atoms with Crippen LogP contribution >= 0.6 is 0 Å². The van der Waals surface area contributed by atoms with E-state index in [4.69, 9.17) is 4.74 Å². The number of hydrogen-bond acceptors (Lipinski definition) is 3. The van der Waals surface area contributed by atoms with E-state index >= 15 is 0 Å². The second-order valence-electron chi connectivity index (χ2n) is 7.37. The molecule has 0 saturated carbocycles. The van der Waals surface area contributed by atoms with Crippen molar-refractivity contribution in [1.29, 1.82) is 0 Å². The molecule has 2 heterocycles. The lowest BCUT2D eigenvalue weighted by Crippen LogP contribution is -2.52. The molecule has 2 aliphatic heterocycles. The molecule has 6 heteroatoms. The van der Waals surface area contributed by atoms with Gasteiger partial charge in [0.25, 0.3) is 0 Å². The summed E-state index contributed by atoms with van der Waals surface area (Å²) in [4.78, 5) is 14.3. The Morgan fingerprint density at radius 3 is 2.41 bits per heavy atom. The molecule has 2 fully saturated rings. The van der Waals surface area contributed by atoms with Crippen molar-refractivity contribution in [2.45, 2.75) is 50.0 Å². The number of carbonyl (C=O) groups excluding carboxylic acids is 1. The van der Waals surface area contributed by atoms with Crippen LogP contribution in [0.2, 0.25) is 0 Å². The van der Waals surface area contributed by atoms with E-state index in [0.29, 0.717) is 12.8 Å². The molecule has 4 rings (SSSR count). The summed E-state index contributed by atoms with van der Waals surface area (Å²) in [5.74, 6) is -1.99. The number of fused-ring (bicyclic) bond motifs is 2. The molecule has 27 heavy (non-hydrogen) atoms. The van der Waals surface area contributed by atoms with Crippen LogP contribution in [0, 0.1) is 11.6 Å². The van der Waals surface area contributed by atoms with Crippen molar-refractivity contribution in [2.75, 3.05) is 0 Å². The molecular weight excluding hydrogens is 352 g/mol. The van der Waals surface area contributed by atoms with Crippen LogP contribution in [0.1, 0.15) is 36.8 Å².